The van der Waals surface area contributed by atoms with Crippen molar-refractivity contribution in [3.63, 3.8) is 0 Å². The second-order valence-electron chi connectivity index (χ2n) is 6.25. The molecule has 0 saturated heterocycles. The summed E-state index contributed by atoms with van der Waals surface area (Å²) in [6.07, 6.45) is 0.968. The third kappa shape index (κ3) is 3.37. The molecule has 1 saturated carbocycles. The fourth-order valence-corrected chi connectivity index (χ4v) is 2.79. The number of rotatable bonds is 5. The first-order chi connectivity index (χ1) is 9.00. The molecular weight excluding hydrogens is 236 g/mol. The molecule has 0 N–H and O–H groups in total. The third-order valence-electron chi connectivity index (χ3n) is 3.89. The molecule has 0 bridgehead atoms. The van der Waals surface area contributed by atoms with Gasteiger partial charge in [0.25, 0.3) is 0 Å². The Morgan fingerprint density at radius 2 is 1.68 bits per heavy atom. The maximum Gasteiger partial charge on any atom is 0.309 e. The Bertz CT molecular complexity index is 414. The van der Waals surface area contributed by atoms with Crippen molar-refractivity contribution in [2.24, 2.45) is 17.8 Å². The molecule has 1 fully saturated rings. The second-order valence-corrected chi connectivity index (χ2v) is 6.25. The van der Waals surface area contributed by atoms with Gasteiger partial charge in [-0.15, -0.1) is 0 Å². The zero-order valence-corrected chi connectivity index (χ0v) is 12.3. The second kappa shape index (κ2) is 5.77. The smallest absolute Gasteiger partial charge is 0.309 e. The van der Waals surface area contributed by atoms with Crippen molar-refractivity contribution >= 4 is 5.97 Å². The molecule has 2 heteroatoms. The van der Waals surface area contributed by atoms with Gasteiger partial charge in [-0.3, -0.25) is 4.79 Å². The SMILES string of the molecule is CC(C)C(OC(=O)[C@H]1C[C@H]1c1ccccc1)C(C)C. The predicted molar refractivity (Wildman–Crippen MR) is 76.8 cm³/mol. The zero-order chi connectivity index (χ0) is 14.0. The molecule has 1 aromatic rings. The summed E-state index contributed by atoms with van der Waals surface area (Å²) in [6, 6.07) is 10.3. The highest BCUT2D eigenvalue weighted by Crippen LogP contribution is 2.48. The minimum atomic E-state index is -0.0127. The van der Waals surface area contributed by atoms with E-state index in [4.69, 9.17) is 4.74 Å². The summed E-state index contributed by atoms with van der Waals surface area (Å²) < 4.78 is 5.71. The molecule has 2 atom stereocenters. The number of carbonyl (C=O) groups is 1. The van der Waals surface area contributed by atoms with Crippen LogP contribution >= 0.6 is 0 Å². The Hall–Kier alpha value is -1.31. The van der Waals surface area contributed by atoms with Gasteiger partial charge >= 0.3 is 5.97 Å². The Kier molecular flexibility index (Phi) is 4.28. The van der Waals surface area contributed by atoms with Crippen molar-refractivity contribution in [3.05, 3.63) is 35.9 Å². The average Bonchev–Trinajstić information content (AvgIpc) is 3.16. The number of esters is 1. The lowest BCUT2D eigenvalue weighted by Gasteiger charge is -2.25. The molecular formula is C17H24O2. The quantitative estimate of drug-likeness (QED) is 0.748. The van der Waals surface area contributed by atoms with Crippen molar-refractivity contribution in [3.8, 4) is 0 Å². The third-order valence-corrected chi connectivity index (χ3v) is 3.89. The van der Waals surface area contributed by atoms with Crippen LogP contribution in [0.3, 0.4) is 0 Å². The summed E-state index contributed by atoms with van der Waals surface area (Å²) in [7, 11) is 0. The number of hydrogen-bond acceptors (Lipinski definition) is 2. The standard InChI is InChI=1S/C17H24O2/c1-11(2)16(12(3)4)19-17(18)15-10-14(15)13-8-6-5-7-9-13/h5-9,11-12,14-16H,10H2,1-4H3/t14-,15-/m0/s1. The van der Waals surface area contributed by atoms with Gasteiger partial charge < -0.3 is 4.74 Å². The molecule has 19 heavy (non-hydrogen) atoms. The van der Waals surface area contributed by atoms with E-state index < -0.39 is 0 Å². The van der Waals surface area contributed by atoms with E-state index in [2.05, 4.69) is 39.8 Å². The van der Waals surface area contributed by atoms with Crippen LogP contribution in [0, 0.1) is 17.8 Å². The number of carbonyl (C=O) groups excluding carboxylic acids is 1. The van der Waals surface area contributed by atoms with Gasteiger partial charge in [0.15, 0.2) is 0 Å². The molecule has 1 aromatic carbocycles. The number of benzene rings is 1. The van der Waals surface area contributed by atoms with E-state index in [0.717, 1.165) is 6.42 Å². The monoisotopic (exact) mass is 260 g/mol. The normalized spacial score (nSPS) is 22.1. The maximum absolute atomic E-state index is 12.2. The highest BCUT2D eigenvalue weighted by Gasteiger charge is 2.46. The molecule has 0 amide bonds. The lowest BCUT2D eigenvalue weighted by molar-refractivity contribution is -0.155. The average molecular weight is 260 g/mol. The van der Waals surface area contributed by atoms with Gasteiger partial charge in [-0.25, -0.2) is 0 Å². The van der Waals surface area contributed by atoms with Crippen molar-refractivity contribution in [2.75, 3.05) is 0 Å². The first-order valence-corrected chi connectivity index (χ1v) is 7.26. The summed E-state index contributed by atoms with van der Waals surface area (Å²) in [4.78, 5) is 12.2. The molecule has 0 aliphatic heterocycles. The molecule has 104 valence electrons. The van der Waals surface area contributed by atoms with Gasteiger partial charge in [0, 0.05) is 0 Å². The van der Waals surface area contributed by atoms with Gasteiger partial charge in [0.1, 0.15) is 6.10 Å². The van der Waals surface area contributed by atoms with Crippen LogP contribution in [0.15, 0.2) is 30.3 Å². The largest absolute Gasteiger partial charge is 0.462 e. The molecule has 2 rings (SSSR count). The van der Waals surface area contributed by atoms with Gasteiger partial charge in [-0.05, 0) is 29.7 Å². The van der Waals surface area contributed by atoms with E-state index >= 15 is 0 Å². The van der Waals surface area contributed by atoms with E-state index in [0.29, 0.717) is 17.8 Å². The molecule has 0 radical (unpaired) electrons. The van der Waals surface area contributed by atoms with E-state index in [1.807, 2.05) is 18.2 Å². The van der Waals surface area contributed by atoms with Crippen LogP contribution in [0.4, 0.5) is 0 Å². The first-order valence-electron chi connectivity index (χ1n) is 7.26. The summed E-state index contributed by atoms with van der Waals surface area (Å²) >= 11 is 0. The highest BCUT2D eigenvalue weighted by atomic mass is 16.5. The van der Waals surface area contributed by atoms with Gasteiger partial charge in [-0.2, -0.15) is 0 Å². The van der Waals surface area contributed by atoms with Crippen LogP contribution in [-0.2, 0) is 9.53 Å². The lowest BCUT2D eigenvalue weighted by Crippen LogP contribution is -2.29. The maximum atomic E-state index is 12.2. The van der Waals surface area contributed by atoms with Gasteiger partial charge in [0.2, 0.25) is 0 Å². The summed E-state index contributed by atoms with van der Waals surface area (Å²) in [6.45, 7) is 8.44. The van der Waals surface area contributed by atoms with Crippen LogP contribution in [0.1, 0.15) is 45.6 Å². The lowest BCUT2D eigenvalue weighted by atomic mass is 9.96. The Morgan fingerprint density at radius 3 is 2.21 bits per heavy atom. The zero-order valence-electron chi connectivity index (χ0n) is 12.3. The van der Waals surface area contributed by atoms with Crippen LogP contribution in [0.25, 0.3) is 0 Å². The fourth-order valence-electron chi connectivity index (χ4n) is 2.79. The minimum Gasteiger partial charge on any atom is -0.462 e. The van der Waals surface area contributed by atoms with Crippen LogP contribution < -0.4 is 0 Å². The topological polar surface area (TPSA) is 26.3 Å². The molecule has 0 unspecified atom stereocenters. The van der Waals surface area contributed by atoms with Crippen LogP contribution in [0.2, 0.25) is 0 Å². The molecule has 1 aliphatic rings. The fraction of sp³-hybridized carbons (Fsp3) is 0.588. The Balaban J connectivity index is 1.93. The minimum absolute atomic E-state index is 0.0127. The van der Waals surface area contributed by atoms with Crippen molar-refractivity contribution in [2.45, 2.75) is 46.1 Å². The van der Waals surface area contributed by atoms with E-state index in [1.54, 1.807) is 0 Å². The van der Waals surface area contributed by atoms with E-state index in [-0.39, 0.29) is 18.0 Å². The van der Waals surface area contributed by atoms with E-state index in [9.17, 15) is 4.79 Å². The summed E-state index contributed by atoms with van der Waals surface area (Å²) in [5.74, 6) is 1.17. The highest BCUT2D eigenvalue weighted by molar-refractivity contribution is 5.77. The number of ether oxygens (including phenoxy) is 1. The molecule has 0 heterocycles. The van der Waals surface area contributed by atoms with Crippen molar-refractivity contribution < 1.29 is 9.53 Å². The predicted octanol–water partition coefficient (Wildman–Crippen LogP) is 4.01. The molecule has 1 aliphatic carbocycles. The first kappa shape index (κ1) is 14.1. The Morgan fingerprint density at radius 1 is 1.11 bits per heavy atom. The molecule has 2 nitrogen and oxygen atoms in total. The summed E-state index contributed by atoms with van der Waals surface area (Å²) in [5.41, 5.74) is 1.26. The van der Waals surface area contributed by atoms with E-state index in [1.165, 1.54) is 5.56 Å². The molecule has 0 spiro atoms. The van der Waals surface area contributed by atoms with Crippen LogP contribution in [-0.4, -0.2) is 12.1 Å². The van der Waals surface area contributed by atoms with Crippen molar-refractivity contribution in [1.29, 1.82) is 0 Å². The summed E-state index contributed by atoms with van der Waals surface area (Å²) in [5, 5.41) is 0. The number of hydrogen-bond donors (Lipinski definition) is 0. The van der Waals surface area contributed by atoms with Gasteiger partial charge in [-0.1, -0.05) is 58.0 Å². The van der Waals surface area contributed by atoms with Crippen molar-refractivity contribution in [1.82, 2.24) is 0 Å². The van der Waals surface area contributed by atoms with Crippen LogP contribution in [0.5, 0.6) is 0 Å². The molecule has 0 aromatic heterocycles. The van der Waals surface area contributed by atoms with Gasteiger partial charge in [0.05, 0.1) is 5.92 Å². The Labute approximate surface area is 116 Å².